The molecular weight excluding hydrogens is 1150 g/mol. The van der Waals surface area contributed by atoms with E-state index in [-0.39, 0.29) is 43.5 Å². The Morgan fingerprint density at radius 3 is 1.86 bits per heavy atom. The van der Waals surface area contributed by atoms with Gasteiger partial charge in [-0.05, 0) is 135 Å². The molecule has 0 unspecified atom stereocenters. The van der Waals surface area contributed by atoms with Crippen molar-refractivity contribution in [2.45, 2.75) is 106 Å². The number of fused-ring (bicyclic) bond motifs is 8. The standard InChI is InChI=1S/C57H52BN2O3.C13H11FN.Ir/c1-32(2)38-15-13-16-39(33(3)4)53(38)60-46-20-12-11-19-45(46)59-55(60)42-18-14-17-41-40-24-21-34(27-49(40)63-54(41)42)35-28-50-52-51(29-35)62-48-26-23-37(57(8,9)10)31-44(48)58(52)43-30-36(56(5,6)7)22-25-47(43)61-50;1-9-7-13(15-8-10(9)2)11-3-5-12(14)6-4-11;/h11-17,19-33H,1-10H3;3,5-8H,1-2H3;/q2*-1;. The second-order valence-electron chi connectivity index (χ2n) is 23.9. The van der Waals surface area contributed by atoms with Gasteiger partial charge in [0.15, 0.2) is 0 Å². The number of halogens is 1. The molecule has 0 amide bonds. The molecule has 6 nitrogen and oxygen atoms in total. The van der Waals surface area contributed by atoms with E-state index in [2.05, 4.69) is 206 Å². The maximum Gasteiger partial charge on any atom is 0.260 e. The van der Waals surface area contributed by atoms with Gasteiger partial charge < -0.3 is 23.4 Å². The largest absolute Gasteiger partial charge is 0.501 e. The first-order chi connectivity index (χ1) is 37.3. The second-order valence-corrected chi connectivity index (χ2v) is 23.9. The zero-order valence-corrected chi connectivity index (χ0v) is 49.3. The van der Waals surface area contributed by atoms with Crippen LogP contribution in [0.5, 0.6) is 23.0 Å². The number of aromatic nitrogens is 3. The van der Waals surface area contributed by atoms with Crippen LogP contribution in [0.25, 0.3) is 72.4 Å². The number of hydrogen-bond donors (Lipinski definition) is 0. The predicted molar refractivity (Wildman–Crippen MR) is 319 cm³/mol. The number of nitrogens with zero attached hydrogens (tertiary/aromatic N) is 3. The fourth-order valence-corrected chi connectivity index (χ4v) is 11.2. The summed E-state index contributed by atoms with van der Waals surface area (Å²) in [6.07, 6.45) is 1.82. The molecule has 1 radical (unpaired) electrons. The summed E-state index contributed by atoms with van der Waals surface area (Å²) < 4.78 is 35.7. The van der Waals surface area contributed by atoms with Crippen LogP contribution in [-0.2, 0) is 30.9 Å². The molecule has 397 valence electrons. The molecule has 0 saturated carbocycles. The number of pyridine rings is 1. The SMILES string of the molecule is CC(C)c1cccc(C(C)C)c1-n1c(-c2[c-]ccc3c2oc2cc(-c4cc5c6c(c4)Oc4ccc(C(C)(C)C)cc4B6c4cc(C(C)(C)C)ccc4O5)ccc23)nc2ccccc21.Cc1cnc(-c2[c-]cc(F)cc2)cc1C.[Ir]. The fraction of sp³-hybridized carbons (Fsp3) is 0.229. The molecule has 0 spiro atoms. The van der Waals surface area contributed by atoms with E-state index in [4.69, 9.17) is 18.9 Å². The number of rotatable bonds is 6. The monoisotopic (exact) mass is 1220 g/mol. The number of furan rings is 1. The van der Waals surface area contributed by atoms with E-state index in [1.165, 1.54) is 56.6 Å². The molecule has 9 heteroatoms. The summed E-state index contributed by atoms with van der Waals surface area (Å²) in [7, 11) is 0. The van der Waals surface area contributed by atoms with Crippen LogP contribution in [0, 0.1) is 31.8 Å². The van der Waals surface area contributed by atoms with Crippen molar-refractivity contribution >= 4 is 56.1 Å². The fourth-order valence-electron chi connectivity index (χ4n) is 11.2. The summed E-state index contributed by atoms with van der Waals surface area (Å²) in [5.74, 6) is 4.57. The minimum absolute atomic E-state index is 0. The third-order valence-corrected chi connectivity index (χ3v) is 15.7. The Labute approximate surface area is 477 Å². The van der Waals surface area contributed by atoms with Gasteiger partial charge in [-0.15, -0.1) is 48.0 Å². The average molecular weight is 1220 g/mol. The van der Waals surface area contributed by atoms with Crippen molar-refractivity contribution in [2.75, 3.05) is 0 Å². The number of aryl methyl sites for hydroxylation is 2. The molecule has 0 atom stereocenters. The molecule has 0 N–H and O–H groups in total. The van der Waals surface area contributed by atoms with Crippen molar-refractivity contribution in [3.05, 3.63) is 203 Å². The van der Waals surface area contributed by atoms with Crippen molar-refractivity contribution in [3.63, 3.8) is 0 Å². The van der Waals surface area contributed by atoms with Crippen molar-refractivity contribution in [1.82, 2.24) is 14.5 Å². The maximum absolute atomic E-state index is 12.7. The molecule has 0 fully saturated rings. The Kier molecular flexibility index (Phi) is 13.7. The minimum atomic E-state index is -0.275. The summed E-state index contributed by atoms with van der Waals surface area (Å²) in [6, 6.07) is 56.4. The third-order valence-electron chi connectivity index (χ3n) is 15.7. The van der Waals surface area contributed by atoms with Gasteiger partial charge in [-0.3, -0.25) is 9.37 Å². The van der Waals surface area contributed by atoms with E-state index in [0.717, 1.165) is 101 Å². The van der Waals surface area contributed by atoms with Crippen LogP contribution < -0.4 is 25.9 Å². The first-order valence-electron chi connectivity index (χ1n) is 27.2. The molecule has 0 aliphatic carbocycles. The molecule has 11 aromatic rings. The zero-order chi connectivity index (χ0) is 54.5. The van der Waals surface area contributed by atoms with Gasteiger partial charge >= 0.3 is 0 Å². The number of benzene rings is 8. The van der Waals surface area contributed by atoms with E-state index in [9.17, 15) is 4.39 Å². The van der Waals surface area contributed by atoms with E-state index in [1.807, 2.05) is 32.2 Å². The van der Waals surface area contributed by atoms with Gasteiger partial charge in [0.2, 0.25) is 0 Å². The average Bonchev–Trinajstić information content (AvgIpc) is 4.24. The summed E-state index contributed by atoms with van der Waals surface area (Å²) in [5.41, 5.74) is 20.1. The normalized spacial score (nSPS) is 12.7. The van der Waals surface area contributed by atoms with Gasteiger partial charge in [-0.25, -0.2) is 0 Å². The van der Waals surface area contributed by atoms with Gasteiger partial charge in [-0.2, -0.15) is 0 Å². The van der Waals surface area contributed by atoms with Crippen molar-refractivity contribution < 1.29 is 38.4 Å². The van der Waals surface area contributed by atoms with E-state index in [0.29, 0.717) is 11.8 Å². The molecule has 79 heavy (non-hydrogen) atoms. The van der Waals surface area contributed by atoms with Crippen LogP contribution in [0.4, 0.5) is 4.39 Å². The summed E-state index contributed by atoms with van der Waals surface area (Å²) in [4.78, 5) is 9.61. The Hall–Kier alpha value is -7.58. The summed E-state index contributed by atoms with van der Waals surface area (Å²) >= 11 is 0. The Balaban J connectivity index is 0.000000357. The van der Waals surface area contributed by atoms with Gasteiger partial charge in [0.1, 0.15) is 28.6 Å². The minimum Gasteiger partial charge on any atom is -0.501 e. The van der Waals surface area contributed by atoms with E-state index in [1.54, 1.807) is 6.07 Å². The predicted octanol–water partition coefficient (Wildman–Crippen LogP) is 16.9. The first kappa shape index (κ1) is 53.4. The van der Waals surface area contributed by atoms with Crippen molar-refractivity contribution in [1.29, 1.82) is 0 Å². The molecular formula is C70H63BFIrN3O3-2. The summed E-state index contributed by atoms with van der Waals surface area (Å²) in [5, 5.41) is 2.06. The molecule has 2 aliphatic rings. The van der Waals surface area contributed by atoms with Gasteiger partial charge in [0.25, 0.3) is 6.71 Å². The summed E-state index contributed by atoms with van der Waals surface area (Å²) in [6.45, 7) is 26.7. The molecule has 8 aromatic carbocycles. The van der Waals surface area contributed by atoms with Crippen LogP contribution in [0.15, 0.2) is 156 Å². The molecule has 0 saturated heterocycles. The van der Waals surface area contributed by atoms with Crippen LogP contribution in [0.1, 0.15) is 114 Å². The number of imidazole rings is 1. The topological polar surface area (TPSA) is 62.3 Å². The van der Waals surface area contributed by atoms with Gasteiger partial charge in [0, 0.05) is 48.7 Å². The quantitative estimate of drug-likeness (QED) is 0.123. The van der Waals surface area contributed by atoms with Gasteiger partial charge in [0.05, 0.1) is 22.4 Å². The molecule has 0 bridgehead atoms. The van der Waals surface area contributed by atoms with Crippen LogP contribution in [0.2, 0.25) is 0 Å². The first-order valence-corrected chi connectivity index (χ1v) is 27.2. The molecule has 13 rings (SSSR count). The van der Waals surface area contributed by atoms with Crippen LogP contribution in [-0.4, -0.2) is 21.2 Å². The number of para-hydroxylation sites is 3. The van der Waals surface area contributed by atoms with Crippen LogP contribution >= 0.6 is 0 Å². The van der Waals surface area contributed by atoms with E-state index >= 15 is 0 Å². The number of ether oxygens (including phenoxy) is 2. The third kappa shape index (κ3) is 9.59. The zero-order valence-electron chi connectivity index (χ0n) is 46.9. The number of hydrogen-bond acceptors (Lipinski definition) is 5. The Morgan fingerprint density at radius 1 is 0.620 bits per heavy atom. The molecule has 2 aliphatic heterocycles. The Morgan fingerprint density at radius 2 is 1.27 bits per heavy atom. The maximum atomic E-state index is 12.7. The second kappa shape index (κ2) is 20.3. The smallest absolute Gasteiger partial charge is 0.260 e. The van der Waals surface area contributed by atoms with E-state index < -0.39 is 0 Å². The van der Waals surface area contributed by atoms with Gasteiger partial charge in [-0.1, -0.05) is 159 Å². The molecule has 5 heterocycles. The molecule has 3 aromatic heterocycles. The van der Waals surface area contributed by atoms with Crippen LogP contribution in [0.3, 0.4) is 0 Å². The Bertz CT molecular complexity index is 4060. The van der Waals surface area contributed by atoms with Crippen molar-refractivity contribution in [3.8, 4) is 62.5 Å². The van der Waals surface area contributed by atoms with Crippen molar-refractivity contribution in [2.24, 2.45) is 0 Å².